The fraction of sp³-hybridized carbons (Fsp3) is 0.0833. The maximum atomic E-state index is 13.5. The molecule has 33 heavy (non-hydrogen) atoms. The van der Waals surface area contributed by atoms with Crippen molar-refractivity contribution in [2.24, 2.45) is 0 Å². The van der Waals surface area contributed by atoms with Crippen molar-refractivity contribution in [2.75, 3.05) is 10.6 Å². The van der Waals surface area contributed by atoms with Crippen LogP contribution in [0.4, 0.5) is 17.3 Å². The number of hydrogen-bond donors (Lipinski definition) is 2. The van der Waals surface area contributed by atoms with Crippen molar-refractivity contribution in [3.63, 3.8) is 0 Å². The van der Waals surface area contributed by atoms with Gasteiger partial charge in [-0.05, 0) is 48.9 Å². The van der Waals surface area contributed by atoms with E-state index in [4.69, 9.17) is 11.6 Å². The molecule has 0 aliphatic carbocycles. The van der Waals surface area contributed by atoms with Gasteiger partial charge < -0.3 is 10.6 Å². The second-order valence-electron chi connectivity index (χ2n) is 7.67. The first-order chi connectivity index (χ1) is 15.9. The van der Waals surface area contributed by atoms with E-state index in [1.165, 1.54) is 12.1 Å². The number of rotatable bonds is 4. The molecule has 0 fully saturated rings. The molecule has 0 spiro atoms. The minimum absolute atomic E-state index is 0.0490. The number of non-ortho nitro benzene ring substituents is 1. The quantitative estimate of drug-likeness (QED) is 0.309. The van der Waals surface area contributed by atoms with E-state index in [-0.39, 0.29) is 11.6 Å². The van der Waals surface area contributed by atoms with E-state index in [0.29, 0.717) is 33.5 Å². The number of para-hydroxylation sites is 2. The summed E-state index contributed by atoms with van der Waals surface area (Å²) >= 11 is 5.97. The Morgan fingerprint density at radius 1 is 1.12 bits per heavy atom. The summed E-state index contributed by atoms with van der Waals surface area (Å²) in [5.41, 5.74) is 3.75. The molecule has 1 aromatic heterocycles. The van der Waals surface area contributed by atoms with Crippen LogP contribution in [0.25, 0.3) is 11.0 Å². The van der Waals surface area contributed by atoms with E-state index >= 15 is 0 Å². The average molecular weight is 460 g/mol. The first kappa shape index (κ1) is 20.7. The summed E-state index contributed by atoms with van der Waals surface area (Å²) < 4.78 is 1.90. The lowest BCUT2D eigenvalue weighted by molar-refractivity contribution is -0.384. The highest BCUT2D eigenvalue weighted by atomic mass is 35.5. The molecule has 2 heterocycles. The molecule has 0 unspecified atom stereocenters. The minimum Gasteiger partial charge on any atom is -0.329 e. The number of halogens is 1. The van der Waals surface area contributed by atoms with E-state index in [0.717, 1.165) is 11.0 Å². The number of fused-ring (bicyclic) bond motifs is 3. The van der Waals surface area contributed by atoms with Crippen LogP contribution in [-0.4, -0.2) is 20.4 Å². The van der Waals surface area contributed by atoms with Gasteiger partial charge in [0.2, 0.25) is 5.95 Å². The number of imidazole rings is 1. The Labute approximate surface area is 193 Å². The molecule has 1 atom stereocenters. The Kier molecular flexibility index (Phi) is 5.07. The van der Waals surface area contributed by atoms with Gasteiger partial charge in [-0.25, -0.2) is 4.98 Å². The van der Waals surface area contributed by atoms with Gasteiger partial charge in [0, 0.05) is 28.5 Å². The number of nitro groups is 1. The lowest BCUT2D eigenvalue weighted by atomic mass is 9.94. The van der Waals surface area contributed by atoms with Crippen molar-refractivity contribution in [1.29, 1.82) is 0 Å². The Hall–Kier alpha value is -4.17. The van der Waals surface area contributed by atoms with Gasteiger partial charge in [-0.15, -0.1) is 0 Å². The molecule has 4 aromatic rings. The Morgan fingerprint density at radius 3 is 2.64 bits per heavy atom. The zero-order valence-electron chi connectivity index (χ0n) is 17.4. The highest BCUT2D eigenvalue weighted by Gasteiger charge is 2.34. The molecule has 1 aliphatic rings. The maximum absolute atomic E-state index is 13.5. The Morgan fingerprint density at radius 2 is 1.88 bits per heavy atom. The van der Waals surface area contributed by atoms with E-state index in [1.807, 2.05) is 28.8 Å². The second kappa shape index (κ2) is 8.07. The molecule has 9 heteroatoms. The molecular formula is C24H18ClN5O3. The molecule has 2 N–H and O–H groups in total. The van der Waals surface area contributed by atoms with Gasteiger partial charge in [0.1, 0.15) is 0 Å². The molecular weight excluding hydrogens is 442 g/mol. The number of benzene rings is 3. The van der Waals surface area contributed by atoms with Gasteiger partial charge in [0.05, 0.1) is 27.6 Å². The topological polar surface area (TPSA) is 102 Å². The molecule has 0 saturated heterocycles. The van der Waals surface area contributed by atoms with E-state index in [2.05, 4.69) is 15.6 Å². The fourth-order valence-corrected chi connectivity index (χ4v) is 4.24. The lowest BCUT2D eigenvalue weighted by Gasteiger charge is -2.30. The molecule has 0 bridgehead atoms. The monoisotopic (exact) mass is 459 g/mol. The number of carbonyl (C=O) groups is 1. The summed E-state index contributed by atoms with van der Waals surface area (Å²) in [6, 6.07) is 20.1. The average Bonchev–Trinajstić information content (AvgIpc) is 3.17. The first-order valence-electron chi connectivity index (χ1n) is 10.2. The summed E-state index contributed by atoms with van der Waals surface area (Å²) in [4.78, 5) is 29.2. The van der Waals surface area contributed by atoms with Gasteiger partial charge >= 0.3 is 0 Å². The number of nitrogens with zero attached hydrogens (tertiary/aromatic N) is 3. The third-order valence-electron chi connectivity index (χ3n) is 5.57. The van der Waals surface area contributed by atoms with E-state index in [9.17, 15) is 14.9 Å². The zero-order chi connectivity index (χ0) is 23.1. The summed E-state index contributed by atoms with van der Waals surface area (Å²) in [5, 5.41) is 18.2. The molecule has 3 aromatic carbocycles. The molecule has 1 amide bonds. The van der Waals surface area contributed by atoms with Gasteiger partial charge in [-0.2, -0.15) is 0 Å². The van der Waals surface area contributed by atoms with Crippen molar-refractivity contribution in [3.8, 4) is 0 Å². The molecule has 0 radical (unpaired) electrons. The first-order valence-corrected chi connectivity index (χ1v) is 10.6. The normalized spacial score (nSPS) is 15.2. The number of aromatic nitrogens is 2. The number of nitro benzene ring substituents is 1. The van der Waals surface area contributed by atoms with E-state index < -0.39 is 11.0 Å². The van der Waals surface area contributed by atoms with Crippen LogP contribution in [0, 0.1) is 10.1 Å². The third-order valence-corrected chi connectivity index (χ3v) is 5.83. The highest BCUT2D eigenvalue weighted by molar-refractivity contribution is 6.30. The van der Waals surface area contributed by atoms with Crippen LogP contribution < -0.4 is 10.6 Å². The number of nitrogens with one attached hydrogen (secondary N) is 2. The summed E-state index contributed by atoms with van der Waals surface area (Å²) in [6.07, 6.45) is 0. The largest absolute Gasteiger partial charge is 0.329 e. The Balaban J connectivity index is 1.68. The number of amides is 1. The van der Waals surface area contributed by atoms with Crippen LogP contribution in [0.1, 0.15) is 18.5 Å². The predicted molar refractivity (Wildman–Crippen MR) is 127 cm³/mol. The summed E-state index contributed by atoms with van der Waals surface area (Å²) in [7, 11) is 0. The van der Waals surface area contributed by atoms with Gasteiger partial charge in [-0.3, -0.25) is 19.5 Å². The van der Waals surface area contributed by atoms with Crippen LogP contribution in [-0.2, 0) is 4.79 Å². The predicted octanol–water partition coefficient (Wildman–Crippen LogP) is 5.53. The molecule has 1 aliphatic heterocycles. The lowest BCUT2D eigenvalue weighted by Crippen LogP contribution is -2.31. The smallest absolute Gasteiger partial charge is 0.269 e. The maximum Gasteiger partial charge on any atom is 0.269 e. The van der Waals surface area contributed by atoms with Crippen molar-refractivity contribution >= 4 is 45.9 Å². The minimum atomic E-state index is -0.624. The SMILES string of the molecule is CC1=C(C(=O)Nc2ccc(Cl)cc2)[C@H](c2cccc([N+](=O)[O-])c2)n2c(nc3ccccc32)N1. The van der Waals surface area contributed by atoms with E-state index in [1.54, 1.807) is 43.3 Å². The molecule has 8 nitrogen and oxygen atoms in total. The Bertz CT molecular complexity index is 1440. The third kappa shape index (κ3) is 3.70. The van der Waals surface area contributed by atoms with Crippen molar-refractivity contribution in [3.05, 3.63) is 105 Å². The van der Waals surface area contributed by atoms with Crippen molar-refractivity contribution < 1.29 is 9.72 Å². The van der Waals surface area contributed by atoms with Crippen LogP contribution in [0.15, 0.2) is 84.1 Å². The fourth-order valence-electron chi connectivity index (χ4n) is 4.11. The van der Waals surface area contributed by atoms with Crippen LogP contribution in [0.3, 0.4) is 0 Å². The number of carbonyl (C=O) groups excluding carboxylic acids is 1. The van der Waals surface area contributed by atoms with Crippen molar-refractivity contribution in [2.45, 2.75) is 13.0 Å². The number of allylic oxidation sites excluding steroid dienone is 1. The van der Waals surface area contributed by atoms with Crippen LogP contribution in [0.2, 0.25) is 5.02 Å². The van der Waals surface area contributed by atoms with Gasteiger partial charge in [-0.1, -0.05) is 35.9 Å². The van der Waals surface area contributed by atoms with Gasteiger partial charge in [0.15, 0.2) is 0 Å². The number of anilines is 2. The van der Waals surface area contributed by atoms with Crippen LogP contribution in [0.5, 0.6) is 0 Å². The summed E-state index contributed by atoms with van der Waals surface area (Å²) in [5.74, 6) is 0.232. The molecule has 0 saturated carbocycles. The zero-order valence-corrected chi connectivity index (χ0v) is 18.2. The van der Waals surface area contributed by atoms with Crippen LogP contribution >= 0.6 is 11.6 Å². The molecule has 164 valence electrons. The second-order valence-corrected chi connectivity index (χ2v) is 8.11. The molecule has 5 rings (SSSR count). The van der Waals surface area contributed by atoms with Crippen molar-refractivity contribution in [1.82, 2.24) is 9.55 Å². The standard InChI is InChI=1S/C24H18ClN5O3/c1-14-21(23(31)27-17-11-9-16(25)10-12-17)22(15-5-4-6-18(13-15)30(32)33)29-20-8-3-2-7-19(20)28-24(29)26-14/h2-13,22H,1H3,(H,26,28)(H,27,31)/t22-/m0/s1. The van der Waals surface area contributed by atoms with Gasteiger partial charge in [0.25, 0.3) is 11.6 Å². The number of hydrogen-bond acceptors (Lipinski definition) is 5. The highest BCUT2D eigenvalue weighted by Crippen LogP contribution is 2.40. The summed E-state index contributed by atoms with van der Waals surface area (Å²) in [6.45, 7) is 1.80.